The fourth-order valence-electron chi connectivity index (χ4n) is 3.08. The number of carbonyl (C=O) groups excluding carboxylic acids is 3. The van der Waals surface area contributed by atoms with Crippen LogP contribution in [0.4, 0.5) is 17.1 Å². The zero-order valence-corrected chi connectivity index (χ0v) is 16.8. The number of nitrogens with one attached hydrogen (secondary N) is 1. The molecule has 3 aromatic carbocycles. The first-order chi connectivity index (χ1) is 14.3. The molecular weight excluding hydrogens is 454 g/mol. The summed E-state index contributed by atoms with van der Waals surface area (Å²) in [5.74, 6) is -1.45. The lowest BCUT2D eigenvalue weighted by molar-refractivity contribution is -0.384. The number of non-ortho nitro benzene ring substituents is 1. The number of nitrogens with zero attached hydrogens (tertiary/aromatic N) is 2. The topological polar surface area (TPSA) is 110 Å². The number of hydrogen-bond donors (Lipinski definition) is 1. The van der Waals surface area contributed by atoms with Crippen LogP contribution in [0.2, 0.25) is 0 Å². The molecule has 0 radical (unpaired) electrons. The van der Waals surface area contributed by atoms with Gasteiger partial charge in [0.05, 0.1) is 21.7 Å². The van der Waals surface area contributed by atoms with Crippen molar-refractivity contribution in [2.24, 2.45) is 0 Å². The van der Waals surface area contributed by atoms with Gasteiger partial charge in [0.1, 0.15) is 0 Å². The third kappa shape index (κ3) is 3.46. The molecular formula is C21H12BrN3O5. The largest absolute Gasteiger partial charge is 0.322 e. The molecule has 1 aliphatic rings. The number of rotatable bonds is 4. The second-order valence-electron chi connectivity index (χ2n) is 6.44. The zero-order chi connectivity index (χ0) is 21.4. The van der Waals surface area contributed by atoms with Crippen molar-refractivity contribution >= 4 is 50.7 Å². The number of halogens is 1. The average molecular weight is 466 g/mol. The lowest BCUT2D eigenvalue weighted by Gasteiger charge is -2.13. The maximum Gasteiger partial charge on any atom is 0.269 e. The predicted molar refractivity (Wildman–Crippen MR) is 113 cm³/mol. The van der Waals surface area contributed by atoms with Gasteiger partial charge in [-0.25, -0.2) is 4.90 Å². The Bertz CT molecular complexity index is 1210. The number of imide groups is 1. The summed E-state index contributed by atoms with van der Waals surface area (Å²) in [7, 11) is 0. The highest BCUT2D eigenvalue weighted by Gasteiger charge is 2.37. The zero-order valence-electron chi connectivity index (χ0n) is 15.2. The number of hydrogen-bond acceptors (Lipinski definition) is 5. The SMILES string of the molecule is O=C(Nc1ccc2c(c1)C(=O)N(c1ccc([N+](=O)[O-])cc1)C2=O)c1ccc(Br)cc1. The van der Waals surface area contributed by atoms with Crippen LogP contribution in [0.1, 0.15) is 31.1 Å². The summed E-state index contributed by atoms with van der Waals surface area (Å²) in [4.78, 5) is 49.1. The highest BCUT2D eigenvalue weighted by molar-refractivity contribution is 9.10. The quantitative estimate of drug-likeness (QED) is 0.348. The van der Waals surface area contributed by atoms with E-state index >= 15 is 0 Å². The van der Waals surface area contributed by atoms with Crippen molar-refractivity contribution in [3.63, 3.8) is 0 Å². The number of nitro groups is 1. The molecule has 1 heterocycles. The van der Waals surface area contributed by atoms with Gasteiger partial charge < -0.3 is 5.32 Å². The third-order valence-corrected chi connectivity index (χ3v) is 5.10. The Morgan fingerprint density at radius 2 is 1.53 bits per heavy atom. The minimum absolute atomic E-state index is 0.145. The van der Waals surface area contributed by atoms with Crippen molar-refractivity contribution in [1.82, 2.24) is 0 Å². The molecule has 1 aliphatic heterocycles. The summed E-state index contributed by atoms with van der Waals surface area (Å²) >= 11 is 3.30. The van der Waals surface area contributed by atoms with Crippen molar-refractivity contribution in [3.05, 3.63) is 98.0 Å². The van der Waals surface area contributed by atoms with E-state index < -0.39 is 16.7 Å². The summed E-state index contributed by atoms with van der Waals surface area (Å²) in [6.45, 7) is 0. The second kappa shape index (κ2) is 7.53. The Morgan fingerprint density at radius 3 is 2.17 bits per heavy atom. The predicted octanol–water partition coefficient (Wildman–Crippen LogP) is 4.41. The molecule has 0 saturated heterocycles. The summed E-state index contributed by atoms with van der Waals surface area (Å²) in [5.41, 5.74) is 1.23. The van der Waals surface area contributed by atoms with E-state index in [-0.39, 0.29) is 28.4 Å². The van der Waals surface area contributed by atoms with Crippen LogP contribution < -0.4 is 10.2 Å². The van der Waals surface area contributed by atoms with Gasteiger partial charge >= 0.3 is 0 Å². The number of carbonyl (C=O) groups is 3. The van der Waals surface area contributed by atoms with Crippen LogP contribution in [0.5, 0.6) is 0 Å². The van der Waals surface area contributed by atoms with Gasteiger partial charge in [-0.15, -0.1) is 0 Å². The molecule has 0 spiro atoms. The molecule has 3 aromatic rings. The van der Waals surface area contributed by atoms with Crippen molar-refractivity contribution in [2.45, 2.75) is 0 Å². The molecule has 1 N–H and O–H groups in total. The van der Waals surface area contributed by atoms with Gasteiger partial charge in [0.2, 0.25) is 0 Å². The molecule has 8 nitrogen and oxygen atoms in total. The number of amides is 3. The van der Waals surface area contributed by atoms with Crippen LogP contribution in [0.25, 0.3) is 0 Å². The first kappa shape index (κ1) is 19.5. The van der Waals surface area contributed by atoms with Crippen LogP contribution in [-0.2, 0) is 0 Å². The Kier molecular flexibility index (Phi) is 4.88. The van der Waals surface area contributed by atoms with Crippen molar-refractivity contribution in [3.8, 4) is 0 Å². The first-order valence-corrected chi connectivity index (χ1v) is 9.48. The van der Waals surface area contributed by atoms with E-state index in [0.29, 0.717) is 11.3 Å². The molecule has 0 aromatic heterocycles. The van der Waals surface area contributed by atoms with E-state index in [9.17, 15) is 24.5 Å². The van der Waals surface area contributed by atoms with Gasteiger partial charge in [0.25, 0.3) is 23.4 Å². The number of nitro benzene ring substituents is 1. The Labute approximate surface area is 178 Å². The molecule has 0 atom stereocenters. The lowest BCUT2D eigenvalue weighted by Crippen LogP contribution is -2.29. The van der Waals surface area contributed by atoms with E-state index in [1.54, 1.807) is 30.3 Å². The van der Waals surface area contributed by atoms with Crippen molar-refractivity contribution in [2.75, 3.05) is 10.2 Å². The lowest BCUT2D eigenvalue weighted by atomic mass is 10.1. The van der Waals surface area contributed by atoms with Crippen LogP contribution in [0.15, 0.2) is 71.2 Å². The van der Waals surface area contributed by atoms with Crippen LogP contribution in [0, 0.1) is 10.1 Å². The molecule has 0 unspecified atom stereocenters. The minimum atomic E-state index is -0.566. The van der Waals surface area contributed by atoms with Gasteiger partial charge in [-0.1, -0.05) is 15.9 Å². The van der Waals surface area contributed by atoms with Gasteiger partial charge in [-0.2, -0.15) is 0 Å². The van der Waals surface area contributed by atoms with Gasteiger partial charge in [0.15, 0.2) is 0 Å². The number of anilines is 2. The second-order valence-corrected chi connectivity index (χ2v) is 7.36. The molecule has 3 amide bonds. The smallest absolute Gasteiger partial charge is 0.269 e. The molecule has 9 heteroatoms. The first-order valence-electron chi connectivity index (χ1n) is 8.69. The van der Waals surface area contributed by atoms with Crippen LogP contribution in [-0.4, -0.2) is 22.6 Å². The monoisotopic (exact) mass is 465 g/mol. The Morgan fingerprint density at radius 1 is 0.900 bits per heavy atom. The van der Waals surface area contributed by atoms with Crippen LogP contribution in [0.3, 0.4) is 0 Å². The van der Waals surface area contributed by atoms with E-state index in [0.717, 1.165) is 9.37 Å². The Hall–Kier alpha value is -3.85. The van der Waals surface area contributed by atoms with Crippen LogP contribution >= 0.6 is 15.9 Å². The summed E-state index contributed by atoms with van der Waals surface area (Å²) in [5, 5.41) is 13.5. The average Bonchev–Trinajstić information content (AvgIpc) is 2.98. The van der Waals surface area contributed by atoms with Gasteiger partial charge in [-0.05, 0) is 54.6 Å². The maximum atomic E-state index is 12.8. The van der Waals surface area contributed by atoms with Crippen molar-refractivity contribution < 1.29 is 19.3 Å². The molecule has 148 valence electrons. The van der Waals surface area contributed by atoms with E-state index in [1.165, 1.54) is 36.4 Å². The fourth-order valence-corrected chi connectivity index (χ4v) is 3.35. The Balaban J connectivity index is 1.59. The fraction of sp³-hybridized carbons (Fsp3) is 0. The molecule has 0 saturated carbocycles. The summed E-state index contributed by atoms with van der Waals surface area (Å²) in [6, 6.07) is 16.4. The molecule has 0 fully saturated rings. The molecule has 0 aliphatic carbocycles. The highest BCUT2D eigenvalue weighted by atomic mass is 79.9. The summed E-state index contributed by atoms with van der Waals surface area (Å²) < 4.78 is 0.840. The van der Waals surface area contributed by atoms with Gasteiger partial charge in [0, 0.05) is 27.9 Å². The van der Waals surface area contributed by atoms with Gasteiger partial charge in [-0.3, -0.25) is 24.5 Å². The highest BCUT2D eigenvalue weighted by Crippen LogP contribution is 2.31. The normalized spacial score (nSPS) is 12.6. The summed E-state index contributed by atoms with van der Waals surface area (Å²) in [6.07, 6.45) is 0. The van der Waals surface area contributed by atoms with E-state index in [4.69, 9.17) is 0 Å². The number of fused-ring (bicyclic) bond motifs is 1. The molecule has 0 bridgehead atoms. The van der Waals surface area contributed by atoms with E-state index in [1.807, 2.05) is 0 Å². The molecule has 30 heavy (non-hydrogen) atoms. The molecule has 4 rings (SSSR count). The maximum absolute atomic E-state index is 12.8. The minimum Gasteiger partial charge on any atom is -0.322 e. The van der Waals surface area contributed by atoms with Crippen molar-refractivity contribution in [1.29, 1.82) is 0 Å². The number of benzene rings is 3. The third-order valence-electron chi connectivity index (χ3n) is 4.57. The standard InChI is InChI=1S/C21H12BrN3O5/c22-13-3-1-12(2-4-13)19(26)23-14-5-10-17-18(11-14)21(28)24(20(17)27)15-6-8-16(9-7-15)25(29)30/h1-11H,(H,23,26). The van der Waals surface area contributed by atoms with E-state index in [2.05, 4.69) is 21.2 Å².